The highest BCUT2D eigenvalue weighted by atomic mass is 16.3. The Morgan fingerprint density at radius 2 is 1.65 bits per heavy atom. The Morgan fingerprint density at radius 3 is 2.25 bits per heavy atom. The van der Waals surface area contributed by atoms with Gasteiger partial charge in [-0.25, -0.2) is 0 Å². The van der Waals surface area contributed by atoms with Crippen LogP contribution in [0.2, 0.25) is 0 Å². The van der Waals surface area contributed by atoms with E-state index in [-0.39, 0.29) is 35.9 Å². The molecular formula is C15H22N2O3. The van der Waals surface area contributed by atoms with Crippen LogP contribution in [0, 0.1) is 5.92 Å². The van der Waals surface area contributed by atoms with Gasteiger partial charge in [-0.05, 0) is 38.5 Å². The van der Waals surface area contributed by atoms with Crippen molar-refractivity contribution in [2.75, 3.05) is 6.54 Å². The number of nitrogens with zero attached hydrogens (tertiary/aromatic N) is 2. The molecule has 0 radical (unpaired) electrons. The van der Waals surface area contributed by atoms with Crippen LogP contribution < -0.4 is 0 Å². The minimum Gasteiger partial charge on any atom is -0.393 e. The fraction of sp³-hybridized carbons (Fsp3) is 0.867. The topological polar surface area (TPSA) is 60.9 Å². The third-order valence-electron chi connectivity index (χ3n) is 5.46. The third-order valence-corrected chi connectivity index (χ3v) is 5.46. The van der Waals surface area contributed by atoms with Gasteiger partial charge in [0.15, 0.2) is 0 Å². The van der Waals surface area contributed by atoms with Crippen molar-refractivity contribution in [2.45, 2.75) is 69.2 Å². The summed E-state index contributed by atoms with van der Waals surface area (Å²) in [4.78, 5) is 28.7. The van der Waals surface area contributed by atoms with E-state index in [9.17, 15) is 14.7 Å². The Morgan fingerprint density at radius 1 is 1.05 bits per heavy atom. The Balaban J connectivity index is 1.47. The normalized spacial score (nSPS) is 40.5. The van der Waals surface area contributed by atoms with Gasteiger partial charge in [-0.2, -0.15) is 0 Å². The zero-order valence-electron chi connectivity index (χ0n) is 11.7. The molecular weight excluding hydrogens is 256 g/mol. The molecule has 4 aliphatic rings. The van der Waals surface area contributed by atoms with Gasteiger partial charge < -0.3 is 14.9 Å². The second kappa shape index (κ2) is 4.45. The Hall–Kier alpha value is -1.10. The smallest absolute Gasteiger partial charge is 0.228 e. The predicted octanol–water partition coefficient (Wildman–Crippen LogP) is 0.512. The lowest BCUT2D eigenvalue weighted by Crippen LogP contribution is -2.50. The number of aliphatic hydroxyl groups excluding tert-OH is 1. The van der Waals surface area contributed by atoms with Crippen molar-refractivity contribution in [3.8, 4) is 0 Å². The van der Waals surface area contributed by atoms with Crippen molar-refractivity contribution in [1.82, 2.24) is 9.80 Å². The first-order chi connectivity index (χ1) is 9.63. The number of fused-ring (bicyclic) bond motifs is 2. The number of carbonyl (C=O) groups excluding carboxylic acids is 2. The first-order valence-corrected chi connectivity index (χ1v) is 7.93. The van der Waals surface area contributed by atoms with E-state index in [1.807, 2.05) is 9.80 Å². The van der Waals surface area contributed by atoms with Gasteiger partial charge >= 0.3 is 0 Å². The number of rotatable bonds is 2. The maximum absolute atomic E-state index is 12.8. The van der Waals surface area contributed by atoms with Gasteiger partial charge in [0.1, 0.15) is 0 Å². The molecule has 3 aliphatic heterocycles. The van der Waals surface area contributed by atoms with Crippen LogP contribution >= 0.6 is 0 Å². The van der Waals surface area contributed by atoms with Crippen molar-refractivity contribution >= 4 is 11.8 Å². The van der Waals surface area contributed by atoms with Crippen molar-refractivity contribution < 1.29 is 14.7 Å². The molecule has 110 valence electrons. The van der Waals surface area contributed by atoms with Crippen LogP contribution in [0.1, 0.15) is 44.9 Å². The molecule has 3 heterocycles. The average molecular weight is 278 g/mol. The van der Waals surface area contributed by atoms with Gasteiger partial charge in [-0.15, -0.1) is 0 Å². The summed E-state index contributed by atoms with van der Waals surface area (Å²) < 4.78 is 0. The summed E-state index contributed by atoms with van der Waals surface area (Å²) in [7, 11) is 0. The molecule has 0 spiro atoms. The van der Waals surface area contributed by atoms with E-state index in [4.69, 9.17) is 0 Å². The van der Waals surface area contributed by atoms with Gasteiger partial charge in [-0.3, -0.25) is 9.59 Å². The first-order valence-electron chi connectivity index (χ1n) is 7.93. The lowest BCUT2D eigenvalue weighted by Gasteiger charge is -2.38. The highest BCUT2D eigenvalue weighted by Crippen LogP contribution is 2.39. The zero-order valence-corrected chi connectivity index (χ0v) is 11.7. The van der Waals surface area contributed by atoms with E-state index in [1.165, 1.54) is 0 Å². The predicted molar refractivity (Wildman–Crippen MR) is 71.7 cm³/mol. The minimum atomic E-state index is -0.246. The van der Waals surface area contributed by atoms with E-state index in [0.717, 1.165) is 38.5 Å². The summed E-state index contributed by atoms with van der Waals surface area (Å²) in [5.41, 5.74) is 0. The Bertz CT molecular complexity index is 434. The van der Waals surface area contributed by atoms with Crippen LogP contribution in [0.5, 0.6) is 0 Å². The number of piperidine rings is 1. The summed E-state index contributed by atoms with van der Waals surface area (Å²) in [6.45, 7) is 0.626. The quantitative estimate of drug-likeness (QED) is 0.800. The summed E-state index contributed by atoms with van der Waals surface area (Å²) in [5.74, 6) is 0.192. The standard InChI is InChI=1S/C15H22N2O3/c18-13-6-11-3-4-12(7-13)17(11)15(20)9-5-14(19)16(8-9)10-1-2-10/h9-13,18H,1-8H2. The number of carbonyl (C=O) groups is 2. The average Bonchev–Trinajstić information content (AvgIpc) is 3.12. The summed E-state index contributed by atoms with van der Waals surface area (Å²) in [6.07, 6.45) is 5.82. The molecule has 5 nitrogen and oxygen atoms in total. The number of aliphatic hydroxyl groups is 1. The van der Waals surface area contributed by atoms with Gasteiger partial charge in [0, 0.05) is 31.1 Å². The number of hydrogen-bond donors (Lipinski definition) is 1. The summed E-state index contributed by atoms with van der Waals surface area (Å²) >= 11 is 0. The lowest BCUT2D eigenvalue weighted by atomic mass is 9.97. The molecule has 0 aromatic rings. The maximum atomic E-state index is 12.8. The molecule has 3 saturated heterocycles. The second-order valence-electron chi connectivity index (χ2n) is 6.93. The molecule has 2 bridgehead atoms. The highest BCUT2D eigenvalue weighted by molar-refractivity contribution is 5.90. The molecule has 2 amide bonds. The van der Waals surface area contributed by atoms with Gasteiger partial charge in [0.05, 0.1) is 12.0 Å². The fourth-order valence-corrected chi connectivity index (χ4v) is 4.36. The zero-order chi connectivity index (χ0) is 13.9. The second-order valence-corrected chi connectivity index (χ2v) is 6.93. The molecule has 20 heavy (non-hydrogen) atoms. The SMILES string of the molecule is O=C1CC(C(=O)N2C3CCC2CC(O)C3)CN1C1CC1. The maximum Gasteiger partial charge on any atom is 0.228 e. The van der Waals surface area contributed by atoms with Crippen LogP contribution in [-0.2, 0) is 9.59 Å². The van der Waals surface area contributed by atoms with Crippen LogP contribution in [0.15, 0.2) is 0 Å². The largest absolute Gasteiger partial charge is 0.393 e. The van der Waals surface area contributed by atoms with Crippen LogP contribution in [0.4, 0.5) is 0 Å². The van der Waals surface area contributed by atoms with Crippen molar-refractivity contribution in [1.29, 1.82) is 0 Å². The minimum absolute atomic E-state index is 0.138. The van der Waals surface area contributed by atoms with E-state index in [1.54, 1.807) is 0 Å². The van der Waals surface area contributed by atoms with Crippen molar-refractivity contribution in [3.05, 3.63) is 0 Å². The molecule has 4 fully saturated rings. The number of likely N-dealkylation sites (tertiary alicyclic amines) is 1. The molecule has 3 unspecified atom stereocenters. The monoisotopic (exact) mass is 278 g/mol. The van der Waals surface area contributed by atoms with Gasteiger partial charge in [0.25, 0.3) is 0 Å². The Labute approximate surface area is 118 Å². The molecule has 0 aromatic carbocycles. The molecule has 0 aromatic heterocycles. The van der Waals surface area contributed by atoms with Gasteiger partial charge in [0.2, 0.25) is 11.8 Å². The van der Waals surface area contributed by atoms with Crippen molar-refractivity contribution in [2.24, 2.45) is 5.92 Å². The van der Waals surface area contributed by atoms with E-state index >= 15 is 0 Å². The molecule has 1 saturated carbocycles. The van der Waals surface area contributed by atoms with Crippen molar-refractivity contribution in [3.63, 3.8) is 0 Å². The lowest BCUT2D eigenvalue weighted by molar-refractivity contribution is -0.141. The number of hydrogen-bond acceptors (Lipinski definition) is 3. The van der Waals surface area contributed by atoms with Gasteiger partial charge in [-0.1, -0.05) is 0 Å². The van der Waals surface area contributed by atoms with E-state index < -0.39 is 0 Å². The molecule has 3 atom stereocenters. The summed E-state index contributed by atoms with van der Waals surface area (Å²) in [5, 5.41) is 9.82. The molecule has 1 aliphatic carbocycles. The van der Waals surface area contributed by atoms with E-state index in [0.29, 0.717) is 19.0 Å². The molecule has 5 heteroatoms. The van der Waals surface area contributed by atoms with Crippen LogP contribution in [0.3, 0.4) is 0 Å². The fourth-order valence-electron chi connectivity index (χ4n) is 4.36. The highest BCUT2D eigenvalue weighted by Gasteiger charge is 2.48. The van der Waals surface area contributed by atoms with E-state index in [2.05, 4.69) is 0 Å². The molecule has 1 N–H and O–H groups in total. The Kier molecular flexibility index (Phi) is 2.81. The third kappa shape index (κ3) is 1.94. The summed E-state index contributed by atoms with van der Waals surface area (Å²) in [6, 6.07) is 0.836. The first kappa shape index (κ1) is 12.6. The van der Waals surface area contributed by atoms with Crippen LogP contribution in [0.25, 0.3) is 0 Å². The van der Waals surface area contributed by atoms with Crippen LogP contribution in [-0.4, -0.2) is 57.5 Å². The molecule has 4 rings (SSSR count). The number of amides is 2.